The quantitative estimate of drug-likeness (QED) is 0.574. The molecule has 1 aliphatic heterocycles. The third-order valence-corrected chi connectivity index (χ3v) is 3.77. The first kappa shape index (κ1) is 11.8. The number of β-lactam (4-membered cyclic amide) rings is 1. The first-order valence-corrected chi connectivity index (χ1v) is 6.21. The SMILES string of the molecule is O=C1CCCC12CN(c1nc(Cl)nc(Cl)n1)C2=O. The summed E-state index contributed by atoms with van der Waals surface area (Å²) in [5.41, 5.74) is -0.842. The lowest BCUT2D eigenvalue weighted by atomic mass is 9.76. The first-order valence-electron chi connectivity index (χ1n) is 5.45. The predicted molar refractivity (Wildman–Crippen MR) is 63.5 cm³/mol. The molecular weight excluding hydrogens is 279 g/mol. The maximum absolute atomic E-state index is 12.1. The maximum atomic E-state index is 12.1. The van der Waals surface area contributed by atoms with Crippen LogP contribution in [0.4, 0.5) is 5.95 Å². The number of carbonyl (C=O) groups excluding carboxylic acids is 2. The van der Waals surface area contributed by atoms with E-state index in [2.05, 4.69) is 15.0 Å². The Morgan fingerprint density at radius 3 is 2.28 bits per heavy atom. The molecule has 0 radical (unpaired) electrons. The normalized spacial score (nSPS) is 26.9. The highest BCUT2D eigenvalue weighted by molar-refractivity contribution is 6.31. The Hall–Kier alpha value is -1.27. The second-order valence-corrected chi connectivity index (χ2v) is 5.10. The van der Waals surface area contributed by atoms with Crippen LogP contribution in [0.3, 0.4) is 0 Å². The van der Waals surface area contributed by atoms with E-state index in [1.165, 1.54) is 4.90 Å². The summed E-state index contributed by atoms with van der Waals surface area (Å²) in [6.07, 6.45) is 1.84. The summed E-state index contributed by atoms with van der Waals surface area (Å²) in [6, 6.07) is 0. The van der Waals surface area contributed by atoms with Crippen molar-refractivity contribution >= 4 is 40.8 Å². The van der Waals surface area contributed by atoms with Crippen molar-refractivity contribution in [3.8, 4) is 0 Å². The Bertz CT molecular complexity index is 545. The third kappa shape index (κ3) is 1.52. The molecule has 1 atom stereocenters. The molecule has 1 saturated heterocycles. The van der Waals surface area contributed by atoms with Gasteiger partial charge in [0.15, 0.2) is 0 Å². The number of hydrogen-bond acceptors (Lipinski definition) is 5. The molecule has 1 aromatic rings. The Morgan fingerprint density at radius 1 is 1.11 bits per heavy atom. The first-order chi connectivity index (χ1) is 8.53. The minimum absolute atomic E-state index is 0.00926. The van der Waals surface area contributed by atoms with Gasteiger partial charge in [-0.15, -0.1) is 0 Å². The van der Waals surface area contributed by atoms with Gasteiger partial charge in [0.1, 0.15) is 11.2 Å². The Morgan fingerprint density at radius 2 is 1.78 bits per heavy atom. The zero-order chi connectivity index (χ0) is 12.9. The molecule has 18 heavy (non-hydrogen) atoms. The van der Waals surface area contributed by atoms with E-state index < -0.39 is 5.41 Å². The molecule has 1 saturated carbocycles. The average Bonchev–Trinajstić information content (AvgIpc) is 2.68. The van der Waals surface area contributed by atoms with Crippen molar-refractivity contribution in [1.82, 2.24) is 15.0 Å². The Kier molecular flexibility index (Phi) is 2.53. The van der Waals surface area contributed by atoms with Crippen LogP contribution in [0.5, 0.6) is 0 Å². The van der Waals surface area contributed by atoms with Gasteiger partial charge in [0.2, 0.25) is 22.4 Å². The van der Waals surface area contributed by atoms with Gasteiger partial charge in [-0.05, 0) is 36.0 Å². The summed E-state index contributed by atoms with van der Waals surface area (Å²) < 4.78 is 0. The van der Waals surface area contributed by atoms with Crippen molar-refractivity contribution in [1.29, 1.82) is 0 Å². The molecule has 0 N–H and O–H groups in total. The van der Waals surface area contributed by atoms with Crippen LogP contribution in [0.15, 0.2) is 0 Å². The number of carbonyl (C=O) groups is 2. The summed E-state index contributed by atoms with van der Waals surface area (Å²) in [5.74, 6) is -0.145. The minimum atomic E-state index is -0.842. The largest absolute Gasteiger partial charge is 0.298 e. The molecule has 2 fully saturated rings. The highest BCUT2D eigenvalue weighted by Crippen LogP contribution is 2.45. The van der Waals surface area contributed by atoms with E-state index in [4.69, 9.17) is 23.2 Å². The maximum Gasteiger partial charge on any atom is 0.244 e. The third-order valence-electron chi connectivity index (χ3n) is 3.43. The van der Waals surface area contributed by atoms with Crippen molar-refractivity contribution in [2.45, 2.75) is 19.3 Å². The topological polar surface area (TPSA) is 76.1 Å². The van der Waals surface area contributed by atoms with Crippen LogP contribution in [0.2, 0.25) is 10.6 Å². The number of halogens is 2. The second-order valence-electron chi connectivity index (χ2n) is 4.42. The fourth-order valence-electron chi connectivity index (χ4n) is 2.50. The van der Waals surface area contributed by atoms with Gasteiger partial charge in [-0.1, -0.05) is 0 Å². The monoisotopic (exact) mass is 286 g/mol. The highest BCUT2D eigenvalue weighted by Gasteiger charge is 2.60. The molecule has 1 spiro atoms. The Labute approximate surface area is 112 Å². The van der Waals surface area contributed by atoms with Crippen molar-refractivity contribution in [2.24, 2.45) is 5.41 Å². The van der Waals surface area contributed by atoms with Gasteiger partial charge in [0.25, 0.3) is 0 Å². The molecule has 0 bridgehead atoms. The van der Waals surface area contributed by atoms with Gasteiger partial charge in [0, 0.05) is 6.42 Å². The summed E-state index contributed by atoms with van der Waals surface area (Å²) in [7, 11) is 0. The number of amides is 1. The lowest BCUT2D eigenvalue weighted by Crippen LogP contribution is -2.64. The summed E-state index contributed by atoms with van der Waals surface area (Å²) in [6.45, 7) is 0.307. The van der Waals surface area contributed by atoms with E-state index in [1.807, 2.05) is 0 Å². The minimum Gasteiger partial charge on any atom is -0.298 e. The molecule has 2 heterocycles. The van der Waals surface area contributed by atoms with Crippen LogP contribution >= 0.6 is 23.2 Å². The van der Waals surface area contributed by atoms with Gasteiger partial charge in [-0.25, -0.2) is 0 Å². The van der Waals surface area contributed by atoms with Crippen LogP contribution < -0.4 is 4.90 Å². The van der Waals surface area contributed by atoms with Gasteiger partial charge in [-0.3, -0.25) is 14.5 Å². The van der Waals surface area contributed by atoms with E-state index in [0.29, 0.717) is 19.4 Å². The molecule has 1 amide bonds. The van der Waals surface area contributed by atoms with Gasteiger partial charge >= 0.3 is 0 Å². The lowest BCUT2D eigenvalue weighted by molar-refractivity contribution is -0.144. The number of hydrogen-bond donors (Lipinski definition) is 0. The van der Waals surface area contributed by atoms with Crippen molar-refractivity contribution in [3.63, 3.8) is 0 Å². The van der Waals surface area contributed by atoms with Gasteiger partial charge in [0.05, 0.1) is 6.54 Å². The van der Waals surface area contributed by atoms with Crippen LogP contribution in [-0.2, 0) is 9.59 Å². The molecular formula is C10H8Cl2N4O2. The van der Waals surface area contributed by atoms with Crippen LogP contribution in [-0.4, -0.2) is 33.2 Å². The number of Topliss-reactive ketones (excluding diaryl/α,β-unsaturated/α-hetero) is 1. The van der Waals surface area contributed by atoms with Crippen molar-refractivity contribution < 1.29 is 9.59 Å². The fourth-order valence-corrected chi connectivity index (χ4v) is 2.85. The number of ketones is 1. The molecule has 1 aromatic heterocycles. The predicted octanol–water partition coefficient (Wildman–Crippen LogP) is 1.26. The lowest BCUT2D eigenvalue weighted by Gasteiger charge is -2.43. The zero-order valence-corrected chi connectivity index (χ0v) is 10.7. The van der Waals surface area contributed by atoms with Gasteiger partial charge < -0.3 is 0 Å². The van der Waals surface area contributed by atoms with E-state index in [-0.39, 0.29) is 28.2 Å². The standard InChI is InChI=1S/C10H8Cl2N4O2/c11-7-13-8(12)15-9(14-7)16-4-10(6(16)18)3-1-2-5(10)17/h1-4H2. The zero-order valence-electron chi connectivity index (χ0n) is 9.19. The number of rotatable bonds is 1. The summed E-state index contributed by atoms with van der Waals surface area (Å²) >= 11 is 11.3. The van der Waals surface area contributed by atoms with Crippen LogP contribution in [0.25, 0.3) is 0 Å². The Balaban J connectivity index is 1.89. The van der Waals surface area contributed by atoms with E-state index >= 15 is 0 Å². The van der Waals surface area contributed by atoms with Crippen LogP contribution in [0, 0.1) is 5.41 Å². The van der Waals surface area contributed by atoms with Crippen LogP contribution in [0.1, 0.15) is 19.3 Å². The molecule has 1 unspecified atom stereocenters. The van der Waals surface area contributed by atoms with E-state index in [9.17, 15) is 9.59 Å². The van der Waals surface area contributed by atoms with E-state index in [1.54, 1.807) is 0 Å². The van der Waals surface area contributed by atoms with Crippen molar-refractivity contribution in [2.75, 3.05) is 11.4 Å². The molecule has 8 heteroatoms. The molecule has 94 valence electrons. The van der Waals surface area contributed by atoms with E-state index in [0.717, 1.165) is 6.42 Å². The summed E-state index contributed by atoms with van der Waals surface area (Å²) in [5, 5.41) is -0.145. The smallest absolute Gasteiger partial charge is 0.244 e. The van der Waals surface area contributed by atoms with Crippen molar-refractivity contribution in [3.05, 3.63) is 10.6 Å². The molecule has 6 nitrogen and oxygen atoms in total. The van der Waals surface area contributed by atoms with Gasteiger partial charge in [-0.2, -0.15) is 15.0 Å². The molecule has 0 aromatic carbocycles. The number of nitrogens with zero attached hydrogens (tertiary/aromatic N) is 4. The second kappa shape index (κ2) is 3.86. The molecule has 1 aliphatic carbocycles. The number of aromatic nitrogens is 3. The molecule has 2 aliphatic rings. The fraction of sp³-hybridized carbons (Fsp3) is 0.500. The summed E-state index contributed by atoms with van der Waals surface area (Å²) in [4.78, 5) is 36.5. The number of anilines is 1. The molecule has 3 rings (SSSR count). The highest BCUT2D eigenvalue weighted by atomic mass is 35.5. The average molecular weight is 287 g/mol.